The molecule has 0 aliphatic heterocycles. The molecule has 0 rings (SSSR count). The summed E-state index contributed by atoms with van der Waals surface area (Å²) >= 11 is 0. The van der Waals surface area contributed by atoms with Crippen molar-refractivity contribution in [2.75, 3.05) is 7.05 Å². The van der Waals surface area contributed by atoms with Crippen molar-refractivity contribution in [2.24, 2.45) is 10.9 Å². The lowest BCUT2D eigenvalue weighted by atomic mass is 10.1. The Bertz CT molecular complexity index is 101. The lowest BCUT2D eigenvalue weighted by Gasteiger charge is -1.94. The smallest absolute Gasteiger partial charge is 0.0277 e. The summed E-state index contributed by atoms with van der Waals surface area (Å²) in [4.78, 5) is 3.82. The second-order valence-corrected chi connectivity index (χ2v) is 2.46. The molecule has 0 spiro atoms. The minimum Gasteiger partial charge on any atom is -0.297 e. The predicted molar refractivity (Wildman–Crippen MR) is 43.0 cm³/mol. The van der Waals surface area contributed by atoms with Crippen LogP contribution in [0.4, 0.5) is 0 Å². The molecule has 0 radical (unpaired) electrons. The Hall–Kier alpha value is -0.590. The third-order valence-electron chi connectivity index (χ3n) is 0.979. The van der Waals surface area contributed by atoms with Gasteiger partial charge in [0.2, 0.25) is 0 Å². The molecule has 0 saturated heterocycles. The van der Waals surface area contributed by atoms with E-state index in [9.17, 15) is 0 Å². The Balaban J connectivity index is 3.25. The van der Waals surface area contributed by atoms with E-state index < -0.39 is 0 Å². The zero-order chi connectivity index (χ0) is 7.11. The Kier molecular flexibility index (Phi) is 5.18. The molecule has 0 aromatic carbocycles. The minimum atomic E-state index is 0.756. The maximum atomic E-state index is 3.82. The topological polar surface area (TPSA) is 12.4 Å². The highest BCUT2D eigenvalue weighted by Gasteiger charge is 1.84. The van der Waals surface area contributed by atoms with E-state index >= 15 is 0 Å². The number of aliphatic imine (C=N–C) groups is 1. The van der Waals surface area contributed by atoms with E-state index in [1.807, 2.05) is 12.3 Å². The van der Waals surface area contributed by atoms with Crippen LogP contribution in [0.25, 0.3) is 0 Å². The van der Waals surface area contributed by atoms with Crippen LogP contribution >= 0.6 is 0 Å². The van der Waals surface area contributed by atoms with Gasteiger partial charge in [-0.25, -0.2) is 0 Å². The zero-order valence-corrected chi connectivity index (χ0v) is 6.46. The van der Waals surface area contributed by atoms with Gasteiger partial charge in [-0.1, -0.05) is 19.9 Å². The molecule has 0 aromatic rings. The third kappa shape index (κ3) is 7.41. The van der Waals surface area contributed by atoms with Gasteiger partial charge in [-0.2, -0.15) is 0 Å². The Morgan fingerprint density at radius 3 is 2.56 bits per heavy atom. The second-order valence-electron chi connectivity index (χ2n) is 2.46. The standard InChI is InChI=1S/C8H15N/c1-8(2)6-4-5-7-9-3/h4-5,7-8H,6H2,1-3H3/b5-4-,9-7?. The minimum absolute atomic E-state index is 0.756. The molecular weight excluding hydrogens is 110 g/mol. The van der Waals surface area contributed by atoms with Gasteiger partial charge in [0.25, 0.3) is 0 Å². The molecule has 0 bridgehead atoms. The monoisotopic (exact) mass is 125 g/mol. The molecule has 0 saturated carbocycles. The highest BCUT2D eigenvalue weighted by atomic mass is 14.6. The van der Waals surface area contributed by atoms with Gasteiger partial charge >= 0.3 is 0 Å². The molecule has 0 aliphatic rings. The van der Waals surface area contributed by atoms with Crippen LogP contribution in [0.1, 0.15) is 20.3 Å². The van der Waals surface area contributed by atoms with Gasteiger partial charge in [0.05, 0.1) is 0 Å². The Morgan fingerprint density at radius 2 is 2.11 bits per heavy atom. The van der Waals surface area contributed by atoms with E-state index in [4.69, 9.17) is 0 Å². The first-order chi connectivity index (χ1) is 4.27. The lowest BCUT2D eigenvalue weighted by Crippen LogP contribution is -1.80. The summed E-state index contributed by atoms with van der Waals surface area (Å²) in [5.74, 6) is 0.756. The van der Waals surface area contributed by atoms with E-state index in [0.29, 0.717) is 0 Å². The van der Waals surface area contributed by atoms with Gasteiger partial charge in [-0.15, -0.1) is 0 Å². The quantitative estimate of drug-likeness (QED) is 0.513. The average Bonchev–Trinajstić information content (AvgIpc) is 1.80. The van der Waals surface area contributed by atoms with Crippen molar-refractivity contribution in [3.05, 3.63) is 12.2 Å². The first-order valence-electron chi connectivity index (χ1n) is 3.34. The van der Waals surface area contributed by atoms with Crippen molar-refractivity contribution in [3.63, 3.8) is 0 Å². The van der Waals surface area contributed by atoms with Crippen molar-refractivity contribution in [3.8, 4) is 0 Å². The number of rotatable bonds is 3. The van der Waals surface area contributed by atoms with Gasteiger partial charge in [0, 0.05) is 13.3 Å². The predicted octanol–water partition coefficient (Wildman–Crippen LogP) is 2.29. The number of hydrogen-bond acceptors (Lipinski definition) is 1. The fourth-order valence-electron chi connectivity index (χ4n) is 0.498. The molecule has 0 unspecified atom stereocenters. The highest BCUT2D eigenvalue weighted by molar-refractivity contribution is 5.70. The maximum Gasteiger partial charge on any atom is 0.0277 e. The van der Waals surface area contributed by atoms with Crippen molar-refractivity contribution >= 4 is 6.21 Å². The zero-order valence-electron chi connectivity index (χ0n) is 6.46. The first kappa shape index (κ1) is 8.41. The van der Waals surface area contributed by atoms with Gasteiger partial charge < -0.3 is 0 Å². The van der Waals surface area contributed by atoms with Gasteiger partial charge in [-0.3, -0.25) is 4.99 Å². The SMILES string of the molecule is CN=C/C=C\CC(C)C. The van der Waals surface area contributed by atoms with Gasteiger partial charge in [0.15, 0.2) is 0 Å². The molecule has 0 N–H and O–H groups in total. The average molecular weight is 125 g/mol. The first-order valence-corrected chi connectivity index (χ1v) is 3.34. The number of allylic oxidation sites excluding steroid dienone is 2. The molecule has 0 aliphatic carbocycles. The van der Waals surface area contributed by atoms with Crippen LogP contribution in [-0.4, -0.2) is 13.3 Å². The van der Waals surface area contributed by atoms with E-state index in [-0.39, 0.29) is 0 Å². The van der Waals surface area contributed by atoms with Crippen LogP contribution in [0.3, 0.4) is 0 Å². The Morgan fingerprint density at radius 1 is 1.44 bits per heavy atom. The summed E-state index contributed by atoms with van der Waals surface area (Å²) in [5.41, 5.74) is 0. The van der Waals surface area contributed by atoms with Crippen LogP contribution < -0.4 is 0 Å². The van der Waals surface area contributed by atoms with Crippen LogP contribution in [0.5, 0.6) is 0 Å². The fourth-order valence-corrected chi connectivity index (χ4v) is 0.498. The molecule has 0 aromatic heterocycles. The van der Waals surface area contributed by atoms with E-state index in [2.05, 4.69) is 24.9 Å². The van der Waals surface area contributed by atoms with Crippen LogP contribution in [0.2, 0.25) is 0 Å². The molecule has 52 valence electrons. The lowest BCUT2D eigenvalue weighted by molar-refractivity contribution is 0.664. The summed E-state index contributed by atoms with van der Waals surface area (Å²) in [6.07, 6.45) is 7.08. The summed E-state index contributed by atoms with van der Waals surface area (Å²) in [6, 6.07) is 0. The van der Waals surface area contributed by atoms with Crippen LogP contribution in [-0.2, 0) is 0 Å². The number of hydrogen-bond donors (Lipinski definition) is 0. The normalized spacial score (nSPS) is 12.4. The molecule has 1 heteroatoms. The second kappa shape index (κ2) is 5.54. The van der Waals surface area contributed by atoms with E-state index in [1.165, 1.54) is 0 Å². The molecule has 0 amide bonds. The molecule has 9 heavy (non-hydrogen) atoms. The molecule has 0 heterocycles. The van der Waals surface area contributed by atoms with E-state index in [0.717, 1.165) is 12.3 Å². The molecule has 0 fully saturated rings. The molecule has 0 atom stereocenters. The van der Waals surface area contributed by atoms with Crippen molar-refractivity contribution in [1.82, 2.24) is 0 Å². The maximum absolute atomic E-state index is 3.82. The summed E-state index contributed by atoms with van der Waals surface area (Å²) < 4.78 is 0. The Labute approximate surface area is 57.5 Å². The van der Waals surface area contributed by atoms with Crippen LogP contribution in [0.15, 0.2) is 17.1 Å². The van der Waals surface area contributed by atoms with Gasteiger partial charge in [-0.05, 0) is 18.4 Å². The summed E-state index contributed by atoms with van der Waals surface area (Å²) in [5, 5.41) is 0. The largest absolute Gasteiger partial charge is 0.297 e. The summed E-state index contributed by atoms with van der Waals surface area (Å²) in [7, 11) is 1.78. The molecule has 1 nitrogen and oxygen atoms in total. The van der Waals surface area contributed by atoms with Crippen molar-refractivity contribution in [2.45, 2.75) is 20.3 Å². The van der Waals surface area contributed by atoms with Crippen molar-refractivity contribution < 1.29 is 0 Å². The van der Waals surface area contributed by atoms with Crippen LogP contribution in [0, 0.1) is 5.92 Å². The highest BCUT2D eigenvalue weighted by Crippen LogP contribution is 1.98. The third-order valence-corrected chi connectivity index (χ3v) is 0.979. The van der Waals surface area contributed by atoms with E-state index in [1.54, 1.807) is 7.05 Å². The molecular formula is C8H15N. The fraction of sp³-hybridized carbons (Fsp3) is 0.625. The number of nitrogens with zero attached hydrogens (tertiary/aromatic N) is 1. The van der Waals surface area contributed by atoms with Crippen molar-refractivity contribution in [1.29, 1.82) is 0 Å². The van der Waals surface area contributed by atoms with Gasteiger partial charge in [0.1, 0.15) is 0 Å². The summed E-state index contributed by atoms with van der Waals surface area (Å²) in [6.45, 7) is 4.40.